The van der Waals surface area contributed by atoms with Crippen LogP contribution < -0.4 is 0 Å². The second-order valence-corrected chi connectivity index (χ2v) is 7.71. The van der Waals surface area contributed by atoms with E-state index in [1.54, 1.807) is 8.61 Å². The summed E-state index contributed by atoms with van der Waals surface area (Å²) < 4.78 is 28.5. The topological polar surface area (TPSA) is 69.3 Å². The van der Waals surface area contributed by atoms with Crippen LogP contribution in [0.5, 0.6) is 0 Å². The van der Waals surface area contributed by atoms with Crippen molar-refractivity contribution in [3.8, 4) is 0 Å². The third-order valence-electron chi connectivity index (χ3n) is 4.38. The van der Waals surface area contributed by atoms with Crippen LogP contribution in [0.2, 0.25) is 0 Å². The van der Waals surface area contributed by atoms with Crippen molar-refractivity contribution in [1.82, 2.24) is 18.8 Å². The fraction of sp³-hybridized carbons (Fsp3) is 0.769. The molecule has 0 aromatic carbocycles. The minimum atomic E-state index is -3.27. The maximum Gasteiger partial charge on any atom is 0.281 e. The highest BCUT2D eigenvalue weighted by molar-refractivity contribution is 7.86. The number of aryl methyl sites for hydroxylation is 1. The molecular formula is C13H22N4O2S. The van der Waals surface area contributed by atoms with E-state index in [1.807, 2.05) is 13.1 Å². The molecule has 0 unspecified atom stereocenters. The van der Waals surface area contributed by atoms with E-state index in [0.29, 0.717) is 26.2 Å². The summed E-state index contributed by atoms with van der Waals surface area (Å²) in [4.78, 5) is 0. The number of nitrogens with zero attached hydrogens (tertiary/aromatic N) is 3. The van der Waals surface area contributed by atoms with Crippen LogP contribution in [-0.4, -0.2) is 53.4 Å². The van der Waals surface area contributed by atoms with Crippen LogP contribution in [0.25, 0.3) is 0 Å². The molecule has 2 aliphatic heterocycles. The number of hydrogen-bond donors (Lipinski definition) is 1. The van der Waals surface area contributed by atoms with Crippen molar-refractivity contribution in [2.75, 3.05) is 26.2 Å². The quantitative estimate of drug-likeness (QED) is 0.912. The van der Waals surface area contributed by atoms with Gasteiger partial charge >= 0.3 is 0 Å². The van der Waals surface area contributed by atoms with Crippen molar-refractivity contribution in [1.29, 1.82) is 0 Å². The Balaban J connectivity index is 1.76. The highest BCUT2D eigenvalue weighted by Gasteiger charge is 2.35. The molecule has 6 nitrogen and oxygen atoms in total. The van der Waals surface area contributed by atoms with Gasteiger partial charge in [-0.05, 0) is 38.2 Å². The van der Waals surface area contributed by atoms with Gasteiger partial charge < -0.3 is 0 Å². The molecule has 3 rings (SSSR count). The summed E-state index contributed by atoms with van der Waals surface area (Å²) in [5, 5.41) is 7.09. The van der Waals surface area contributed by atoms with Crippen molar-refractivity contribution < 1.29 is 8.42 Å². The summed E-state index contributed by atoms with van der Waals surface area (Å²) >= 11 is 0. The molecule has 0 saturated carbocycles. The van der Waals surface area contributed by atoms with E-state index >= 15 is 0 Å². The first-order chi connectivity index (χ1) is 9.59. The highest BCUT2D eigenvalue weighted by Crippen LogP contribution is 2.30. The zero-order valence-electron chi connectivity index (χ0n) is 11.9. The first-order valence-corrected chi connectivity index (χ1v) is 8.74. The van der Waals surface area contributed by atoms with E-state index in [1.165, 1.54) is 0 Å². The van der Waals surface area contributed by atoms with Gasteiger partial charge in [-0.15, -0.1) is 0 Å². The van der Waals surface area contributed by atoms with Gasteiger partial charge in [0.15, 0.2) is 0 Å². The number of nitrogens with one attached hydrogen (secondary N) is 1. The maximum absolute atomic E-state index is 12.6. The molecule has 2 aliphatic rings. The van der Waals surface area contributed by atoms with E-state index in [2.05, 4.69) is 10.2 Å². The number of hydrogen-bond acceptors (Lipinski definition) is 3. The summed E-state index contributed by atoms with van der Waals surface area (Å²) in [6.07, 6.45) is 5.71. The standard InChI is InChI=1S/C13H22N4O2S/c1-11-9-14-15-13(11)12-5-4-8-17(10-12)20(18,19)16-6-2-3-7-16/h9,12H,2-8,10H2,1H3,(H,14,15)/t12-/m1/s1. The Kier molecular flexibility index (Phi) is 3.83. The average Bonchev–Trinajstić information content (AvgIpc) is 3.10. The number of piperidine rings is 1. The fourth-order valence-electron chi connectivity index (χ4n) is 3.24. The predicted molar refractivity (Wildman–Crippen MR) is 76.6 cm³/mol. The molecule has 1 aromatic heterocycles. The molecule has 3 heterocycles. The molecule has 0 amide bonds. The van der Waals surface area contributed by atoms with Gasteiger partial charge in [0.25, 0.3) is 10.2 Å². The van der Waals surface area contributed by atoms with Crippen LogP contribution in [0.15, 0.2) is 6.20 Å². The third-order valence-corrected chi connectivity index (χ3v) is 6.38. The Bertz CT molecular complexity index is 563. The largest absolute Gasteiger partial charge is 0.282 e. The molecule has 7 heteroatoms. The van der Waals surface area contributed by atoms with Gasteiger partial charge in [-0.1, -0.05) is 0 Å². The zero-order chi connectivity index (χ0) is 14.2. The van der Waals surface area contributed by atoms with Crippen molar-refractivity contribution >= 4 is 10.2 Å². The molecule has 1 aromatic rings. The van der Waals surface area contributed by atoms with Crippen LogP contribution in [0.1, 0.15) is 42.9 Å². The van der Waals surface area contributed by atoms with Crippen LogP contribution in [0.4, 0.5) is 0 Å². The smallest absolute Gasteiger partial charge is 0.281 e. The Morgan fingerprint density at radius 3 is 2.55 bits per heavy atom. The summed E-state index contributed by atoms with van der Waals surface area (Å²) in [5.41, 5.74) is 2.21. The van der Waals surface area contributed by atoms with Crippen molar-refractivity contribution in [3.05, 3.63) is 17.5 Å². The first-order valence-electron chi connectivity index (χ1n) is 7.34. The van der Waals surface area contributed by atoms with Crippen molar-refractivity contribution in [3.63, 3.8) is 0 Å². The average molecular weight is 298 g/mol. The molecule has 0 spiro atoms. The molecule has 2 saturated heterocycles. The van der Waals surface area contributed by atoms with Crippen LogP contribution in [-0.2, 0) is 10.2 Å². The Morgan fingerprint density at radius 2 is 1.90 bits per heavy atom. The number of aromatic nitrogens is 2. The lowest BCUT2D eigenvalue weighted by Crippen LogP contribution is -2.46. The fourth-order valence-corrected chi connectivity index (χ4v) is 5.01. The van der Waals surface area contributed by atoms with Gasteiger partial charge in [0, 0.05) is 37.8 Å². The lowest BCUT2D eigenvalue weighted by atomic mass is 9.94. The van der Waals surface area contributed by atoms with E-state index < -0.39 is 10.2 Å². The number of H-pyrrole nitrogens is 1. The lowest BCUT2D eigenvalue weighted by Gasteiger charge is -2.34. The predicted octanol–water partition coefficient (Wildman–Crippen LogP) is 1.24. The van der Waals surface area contributed by atoms with Crippen LogP contribution >= 0.6 is 0 Å². The Hall–Kier alpha value is -0.920. The molecule has 0 bridgehead atoms. The van der Waals surface area contributed by atoms with Gasteiger partial charge in [-0.25, -0.2) is 0 Å². The SMILES string of the molecule is Cc1cn[nH]c1[C@@H]1CCCN(S(=O)(=O)N2CCCC2)C1. The molecular weight excluding hydrogens is 276 g/mol. The van der Waals surface area contributed by atoms with Crippen molar-refractivity contribution in [2.24, 2.45) is 0 Å². The summed E-state index contributed by atoms with van der Waals surface area (Å²) in [7, 11) is -3.27. The minimum absolute atomic E-state index is 0.239. The summed E-state index contributed by atoms with van der Waals surface area (Å²) in [6.45, 7) is 4.58. The second kappa shape index (κ2) is 5.46. The summed E-state index contributed by atoms with van der Waals surface area (Å²) in [5.74, 6) is 0.239. The second-order valence-electron chi connectivity index (χ2n) is 5.78. The van der Waals surface area contributed by atoms with Gasteiger partial charge in [-0.3, -0.25) is 5.10 Å². The van der Waals surface area contributed by atoms with Gasteiger partial charge in [0.05, 0.1) is 6.20 Å². The zero-order valence-corrected chi connectivity index (χ0v) is 12.7. The summed E-state index contributed by atoms with van der Waals surface area (Å²) in [6, 6.07) is 0. The molecule has 2 fully saturated rings. The molecule has 20 heavy (non-hydrogen) atoms. The Labute approximate surface area is 120 Å². The molecule has 0 aliphatic carbocycles. The number of aromatic amines is 1. The molecule has 1 atom stereocenters. The Morgan fingerprint density at radius 1 is 1.20 bits per heavy atom. The van der Waals surface area contributed by atoms with Gasteiger partial charge in [0.1, 0.15) is 0 Å². The molecule has 1 N–H and O–H groups in total. The third kappa shape index (κ3) is 2.49. The van der Waals surface area contributed by atoms with Crippen LogP contribution in [0.3, 0.4) is 0 Å². The monoisotopic (exact) mass is 298 g/mol. The van der Waals surface area contributed by atoms with Crippen molar-refractivity contribution in [2.45, 2.75) is 38.5 Å². The first kappa shape index (κ1) is 14.0. The van der Waals surface area contributed by atoms with Crippen LogP contribution in [0, 0.1) is 6.92 Å². The van der Waals surface area contributed by atoms with E-state index in [4.69, 9.17) is 0 Å². The number of rotatable bonds is 3. The highest BCUT2D eigenvalue weighted by atomic mass is 32.2. The normalized spacial score (nSPS) is 26.1. The molecule has 112 valence electrons. The molecule has 0 radical (unpaired) electrons. The minimum Gasteiger partial charge on any atom is -0.282 e. The lowest BCUT2D eigenvalue weighted by molar-refractivity contribution is 0.289. The maximum atomic E-state index is 12.6. The van der Waals surface area contributed by atoms with E-state index in [-0.39, 0.29) is 5.92 Å². The van der Waals surface area contributed by atoms with E-state index in [9.17, 15) is 8.42 Å². The van der Waals surface area contributed by atoms with E-state index in [0.717, 1.165) is 36.9 Å². The van der Waals surface area contributed by atoms with Gasteiger partial charge in [-0.2, -0.15) is 22.1 Å². The van der Waals surface area contributed by atoms with Gasteiger partial charge in [0.2, 0.25) is 0 Å².